The minimum Gasteiger partial charge on any atom is -0.327 e. The monoisotopic (exact) mass is 260 g/mol. The maximum Gasteiger partial charge on any atom is 0.0230 e. The molecule has 0 aromatic heterocycles. The van der Waals surface area contributed by atoms with Crippen LogP contribution in [-0.4, -0.2) is 24.5 Å². The Bertz CT molecular complexity index is 389. The second-order valence-electron chi connectivity index (χ2n) is 6.25. The maximum absolute atomic E-state index is 6.32. The molecule has 1 saturated carbocycles. The van der Waals surface area contributed by atoms with Crippen LogP contribution in [0.2, 0.25) is 0 Å². The lowest BCUT2D eigenvalue weighted by Gasteiger charge is -2.27. The molecule has 1 aromatic carbocycles. The third kappa shape index (κ3) is 4.63. The Morgan fingerprint density at radius 3 is 2.79 bits per heavy atom. The van der Waals surface area contributed by atoms with E-state index >= 15 is 0 Å². The molecule has 0 heterocycles. The minimum absolute atomic E-state index is 0.405. The molecule has 2 atom stereocenters. The standard InChI is InChI=1S/C17H28N2/c1-14-7-6-8-15(11-14)12-19(2)13-16-9-4-3-5-10-17(16)18/h6-8,11,16-17H,3-5,9-10,12-13,18H2,1-2H3. The number of hydrogen-bond acceptors (Lipinski definition) is 2. The van der Waals surface area contributed by atoms with E-state index in [4.69, 9.17) is 5.73 Å². The summed E-state index contributed by atoms with van der Waals surface area (Å²) in [6.07, 6.45) is 6.56. The van der Waals surface area contributed by atoms with Gasteiger partial charge in [0, 0.05) is 19.1 Å². The fourth-order valence-corrected chi connectivity index (χ4v) is 3.23. The van der Waals surface area contributed by atoms with Crippen LogP contribution in [0, 0.1) is 12.8 Å². The highest BCUT2D eigenvalue weighted by atomic mass is 15.1. The molecule has 19 heavy (non-hydrogen) atoms. The van der Waals surface area contributed by atoms with E-state index in [1.807, 2.05) is 0 Å². The molecule has 106 valence electrons. The van der Waals surface area contributed by atoms with Gasteiger partial charge in [0.25, 0.3) is 0 Å². The van der Waals surface area contributed by atoms with Crippen LogP contribution in [0.3, 0.4) is 0 Å². The van der Waals surface area contributed by atoms with E-state index in [2.05, 4.69) is 43.1 Å². The highest BCUT2D eigenvalue weighted by Gasteiger charge is 2.21. The van der Waals surface area contributed by atoms with Gasteiger partial charge in [0.2, 0.25) is 0 Å². The lowest BCUT2D eigenvalue weighted by Crippen LogP contribution is -2.37. The van der Waals surface area contributed by atoms with Gasteiger partial charge in [-0.05, 0) is 38.3 Å². The normalized spacial score (nSPS) is 24.4. The van der Waals surface area contributed by atoms with Gasteiger partial charge in [-0.2, -0.15) is 0 Å². The summed E-state index contributed by atoms with van der Waals surface area (Å²) in [5, 5.41) is 0. The van der Waals surface area contributed by atoms with E-state index in [-0.39, 0.29) is 0 Å². The van der Waals surface area contributed by atoms with Gasteiger partial charge in [-0.15, -0.1) is 0 Å². The number of nitrogens with two attached hydrogens (primary N) is 1. The van der Waals surface area contributed by atoms with Crippen LogP contribution in [-0.2, 0) is 6.54 Å². The summed E-state index contributed by atoms with van der Waals surface area (Å²) in [4.78, 5) is 2.44. The summed E-state index contributed by atoms with van der Waals surface area (Å²) in [6, 6.07) is 9.21. The van der Waals surface area contributed by atoms with Gasteiger partial charge in [-0.3, -0.25) is 0 Å². The lowest BCUT2D eigenvalue weighted by atomic mass is 9.95. The largest absolute Gasteiger partial charge is 0.327 e. The van der Waals surface area contributed by atoms with Gasteiger partial charge in [0.1, 0.15) is 0 Å². The second-order valence-corrected chi connectivity index (χ2v) is 6.25. The summed E-state index contributed by atoms with van der Waals surface area (Å²) in [5.41, 5.74) is 9.07. The van der Waals surface area contributed by atoms with Crippen LogP contribution in [0.25, 0.3) is 0 Å². The van der Waals surface area contributed by atoms with E-state index in [0.29, 0.717) is 12.0 Å². The van der Waals surface area contributed by atoms with Crippen molar-refractivity contribution in [2.75, 3.05) is 13.6 Å². The predicted molar refractivity (Wildman–Crippen MR) is 82.1 cm³/mol. The number of benzene rings is 1. The summed E-state index contributed by atoms with van der Waals surface area (Å²) >= 11 is 0. The molecule has 0 saturated heterocycles. The Balaban J connectivity index is 1.87. The zero-order chi connectivity index (χ0) is 13.7. The molecule has 0 bridgehead atoms. The molecule has 2 nitrogen and oxygen atoms in total. The maximum atomic E-state index is 6.32. The van der Waals surface area contributed by atoms with Crippen molar-refractivity contribution in [2.45, 2.75) is 51.6 Å². The molecular weight excluding hydrogens is 232 g/mol. The molecule has 1 fully saturated rings. The Kier molecular flexibility index (Phi) is 5.41. The number of rotatable bonds is 4. The molecule has 1 aliphatic rings. The molecule has 1 aromatic rings. The van der Waals surface area contributed by atoms with Crippen LogP contribution >= 0.6 is 0 Å². The summed E-state index contributed by atoms with van der Waals surface area (Å²) < 4.78 is 0. The average molecular weight is 260 g/mol. The molecule has 0 radical (unpaired) electrons. The Labute approximate surface area is 118 Å². The molecular formula is C17H28N2. The zero-order valence-corrected chi connectivity index (χ0v) is 12.4. The molecule has 2 unspecified atom stereocenters. The van der Waals surface area contributed by atoms with Crippen molar-refractivity contribution < 1.29 is 0 Å². The predicted octanol–water partition coefficient (Wildman–Crippen LogP) is 3.33. The molecule has 2 N–H and O–H groups in total. The SMILES string of the molecule is Cc1cccc(CN(C)CC2CCCCCC2N)c1. The highest BCUT2D eigenvalue weighted by molar-refractivity contribution is 5.22. The van der Waals surface area contributed by atoms with E-state index in [9.17, 15) is 0 Å². The van der Waals surface area contributed by atoms with Crippen molar-refractivity contribution in [1.82, 2.24) is 4.90 Å². The molecule has 0 spiro atoms. The smallest absolute Gasteiger partial charge is 0.0230 e. The quantitative estimate of drug-likeness (QED) is 0.841. The van der Waals surface area contributed by atoms with E-state index in [1.54, 1.807) is 0 Å². The van der Waals surface area contributed by atoms with Gasteiger partial charge in [0.05, 0.1) is 0 Å². The highest BCUT2D eigenvalue weighted by Crippen LogP contribution is 2.23. The summed E-state index contributed by atoms with van der Waals surface area (Å²) in [7, 11) is 2.22. The van der Waals surface area contributed by atoms with Crippen molar-refractivity contribution >= 4 is 0 Å². The van der Waals surface area contributed by atoms with E-state index in [0.717, 1.165) is 13.1 Å². The van der Waals surface area contributed by atoms with Crippen molar-refractivity contribution in [3.63, 3.8) is 0 Å². The summed E-state index contributed by atoms with van der Waals surface area (Å²) in [5.74, 6) is 0.678. The fraction of sp³-hybridized carbons (Fsp3) is 0.647. The van der Waals surface area contributed by atoms with Gasteiger partial charge in [0.15, 0.2) is 0 Å². The van der Waals surface area contributed by atoms with Crippen molar-refractivity contribution in [3.05, 3.63) is 35.4 Å². The van der Waals surface area contributed by atoms with Crippen LogP contribution in [0.1, 0.15) is 43.2 Å². The number of aryl methyl sites for hydroxylation is 1. The zero-order valence-electron chi connectivity index (χ0n) is 12.4. The Hall–Kier alpha value is -0.860. The Morgan fingerprint density at radius 2 is 2.00 bits per heavy atom. The molecule has 1 aliphatic carbocycles. The fourth-order valence-electron chi connectivity index (χ4n) is 3.23. The Morgan fingerprint density at radius 1 is 1.21 bits per heavy atom. The molecule has 0 aliphatic heterocycles. The second kappa shape index (κ2) is 7.06. The van der Waals surface area contributed by atoms with Crippen molar-refractivity contribution in [3.8, 4) is 0 Å². The first-order valence-corrected chi connectivity index (χ1v) is 7.65. The van der Waals surface area contributed by atoms with Crippen LogP contribution < -0.4 is 5.73 Å². The topological polar surface area (TPSA) is 29.3 Å². The van der Waals surface area contributed by atoms with Crippen LogP contribution in [0.5, 0.6) is 0 Å². The minimum atomic E-state index is 0.405. The number of nitrogens with zero attached hydrogens (tertiary/aromatic N) is 1. The van der Waals surface area contributed by atoms with Gasteiger partial charge < -0.3 is 10.6 Å². The summed E-state index contributed by atoms with van der Waals surface area (Å²) in [6.45, 7) is 4.32. The van der Waals surface area contributed by atoms with Crippen molar-refractivity contribution in [2.24, 2.45) is 11.7 Å². The molecule has 2 heteroatoms. The first kappa shape index (κ1) is 14.5. The molecule has 0 amide bonds. The first-order valence-electron chi connectivity index (χ1n) is 7.65. The van der Waals surface area contributed by atoms with E-state index < -0.39 is 0 Å². The molecule has 2 rings (SSSR count). The number of hydrogen-bond donors (Lipinski definition) is 1. The third-order valence-electron chi connectivity index (χ3n) is 4.30. The van der Waals surface area contributed by atoms with Gasteiger partial charge in [-0.25, -0.2) is 0 Å². The first-order chi connectivity index (χ1) is 9.15. The average Bonchev–Trinajstić information content (AvgIpc) is 2.55. The van der Waals surface area contributed by atoms with E-state index in [1.165, 1.54) is 43.2 Å². The van der Waals surface area contributed by atoms with Crippen molar-refractivity contribution in [1.29, 1.82) is 0 Å². The van der Waals surface area contributed by atoms with Gasteiger partial charge in [-0.1, -0.05) is 49.1 Å². The van der Waals surface area contributed by atoms with Crippen LogP contribution in [0.15, 0.2) is 24.3 Å². The van der Waals surface area contributed by atoms with Crippen LogP contribution in [0.4, 0.5) is 0 Å². The third-order valence-corrected chi connectivity index (χ3v) is 4.30. The van der Waals surface area contributed by atoms with Gasteiger partial charge >= 0.3 is 0 Å². The lowest BCUT2D eigenvalue weighted by molar-refractivity contribution is 0.237.